The highest BCUT2D eigenvalue weighted by Gasteiger charge is 2.19. The molecule has 2 N–H and O–H groups in total. The first-order valence-electron chi connectivity index (χ1n) is 6.94. The monoisotopic (exact) mass is 265 g/mol. The van der Waals surface area contributed by atoms with Crippen molar-refractivity contribution in [2.45, 2.75) is 31.7 Å². The lowest BCUT2D eigenvalue weighted by Gasteiger charge is -2.31. The minimum Gasteiger partial charge on any atom is -0.392 e. The van der Waals surface area contributed by atoms with Crippen LogP contribution in [-0.4, -0.2) is 53.6 Å². The molecule has 19 heavy (non-hydrogen) atoms. The number of hydrogen-bond donors (Lipinski definition) is 2. The van der Waals surface area contributed by atoms with Crippen LogP contribution >= 0.6 is 0 Å². The molecule has 0 aliphatic carbocycles. The van der Waals surface area contributed by atoms with Crippen LogP contribution in [0.2, 0.25) is 0 Å². The van der Waals surface area contributed by atoms with E-state index < -0.39 is 6.10 Å². The van der Waals surface area contributed by atoms with E-state index in [9.17, 15) is 10.2 Å². The minimum absolute atomic E-state index is 0.244. The van der Waals surface area contributed by atoms with Crippen LogP contribution in [0.1, 0.15) is 18.4 Å². The fourth-order valence-corrected chi connectivity index (χ4v) is 2.43. The van der Waals surface area contributed by atoms with Crippen molar-refractivity contribution in [1.29, 1.82) is 0 Å². The number of likely N-dealkylation sites (tertiary alicyclic amines) is 1. The lowest BCUT2D eigenvalue weighted by Crippen LogP contribution is -2.43. The second kappa shape index (κ2) is 7.60. The fourth-order valence-electron chi connectivity index (χ4n) is 2.43. The second-order valence-corrected chi connectivity index (χ2v) is 5.21. The van der Waals surface area contributed by atoms with Crippen molar-refractivity contribution in [3.8, 4) is 0 Å². The van der Waals surface area contributed by atoms with E-state index in [1.165, 1.54) is 0 Å². The number of aliphatic hydroxyl groups excluding tert-OH is 2. The summed E-state index contributed by atoms with van der Waals surface area (Å²) in [5, 5.41) is 19.5. The molecule has 4 heteroatoms. The Bertz CT molecular complexity index is 358. The summed E-state index contributed by atoms with van der Waals surface area (Å²) >= 11 is 0. The zero-order valence-corrected chi connectivity index (χ0v) is 11.2. The summed E-state index contributed by atoms with van der Waals surface area (Å²) in [7, 11) is 0. The van der Waals surface area contributed by atoms with Crippen molar-refractivity contribution in [2.24, 2.45) is 0 Å². The zero-order chi connectivity index (χ0) is 13.5. The van der Waals surface area contributed by atoms with Gasteiger partial charge in [-0.2, -0.15) is 0 Å². The molecule has 1 heterocycles. The standard InChI is InChI=1S/C15H23NO3/c17-14-7-4-8-16(9-14)10-15(18)12-19-11-13-5-2-1-3-6-13/h1-3,5-6,14-15,17-18H,4,7-12H2/t14-,15+/m0/s1. The third-order valence-electron chi connectivity index (χ3n) is 3.37. The third kappa shape index (κ3) is 5.28. The summed E-state index contributed by atoms with van der Waals surface area (Å²) in [6.45, 7) is 3.05. The van der Waals surface area contributed by atoms with Crippen molar-refractivity contribution in [3.05, 3.63) is 35.9 Å². The van der Waals surface area contributed by atoms with Crippen molar-refractivity contribution in [2.75, 3.05) is 26.2 Å². The second-order valence-electron chi connectivity index (χ2n) is 5.21. The molecule has 0 aromatic heterocycles. The van der Waals surface area contributed by atoms with Gasteiger partial charge in [-0.05, 0) is 24.9 Å². The molecule has 0 unspecified atom stereocenters. The van der Waals surface area contributed by atoms with Gasteiger partial charge in [-0.25, -0.2) is 0 Å². The Morgan fingerprint density at radius 1 is 1.32 bits per heavy atom. The first-order chi connectivity index (χ1) is 9.24. The van der Waals surface area contributed by atoms with Crippen LogP contribution < -0.4 is 0 Å². The van der Waals surface area contributed by atoms with Crippen LogP contribution in [0.4, 0.5) is 0 Å². The first-order valence-corrected chi connectivity index (χ1v) is 6.94. The molecule has 0 saturated carbocycles. The predicted molar refractivity (Wildman–Crippen MR) is 73.8 cm³/mol. The summed E-state index contributed by atoms with van der Waals surface area (Å²) in [4.78, 5) is 2.10. The third-order valence-corrected chi connectivity index (χ3v) is 3.37. The number of benzene rings is 1. The van der Waals surface area contributed by atoms with Gasteiger partial charge in [0.05, 0.1) is 25.4 Å². The van der Waals surface area contributed by atoms with E-state index in [4.69, 9.17) is 4.74 Å². The number of nitrogens with zero attached hydrogens (tertiary/aromatic N) is 1. The molecular formula is C15H23NO3. The number of aliphatic hydroxyl groups is 2. The molecular weight excluding hydrogens is 242 g/mol. The maximum atomic E-state index is 9.92. The van der Waals surface area contributed by atoms with E-state index in [-0.39, 0.29) is 6.10 Å². The normalized spacial score (nSPS) is 22.3. The quantitative estimate of drug-likeness (QED) is 0.806. The lowest BCUT2D eigenvalue weighted by molar-refractivity contribution is -0.00734. The van der Waals surface area contributed by atoms with Crippen LogP contribution in [0.3, 0.4) is 0 Å². The molecule has 1 aromatic rings. The number of β-amino-alcohol motifs (C(OH)–C–C–N with tert-alkyl or cyclic N) is 2. The Morgan fingerprint density at radius 3 is 2.84 bits per heavy atom. The summed E-state index contributed by atoms with van der Waals surface area (Å²) in [5.74, 6) is 0. The van der Waals surface area contributed by atoms with Gasteiger partial charge in [0.25, 0.3) is 0 Å². The molecule has 1 aliphatic heterocycles. The van der Waals surface area contributed by atoms with Crippen LogP contribution in [0.25, 0.3) is 0 Å². The number of piperidine rings is 1. The van der Waals surface area contributed by atoms with E-state index in [1.54, 1.807) is 0 Å². The smallest absolute Gasteiger partial charge is 0.0900 e. The summed E-state index contributed by atoms with van der Waals surface area (Å²) in [5.41, 5.74) is 1.11. The van der Waals surface area contributed by atoms with E-state index in [0.29, 0.717) is 26.3 Å². The number of rotatable bonds is 6. The first kappa shape index (κ1) is 14.5. The van der Waals surface area contributed by atoms with Crippen LogP contribution in [0.15, 0.2) is 30.3 Å². The SMILES string of the molecule is O[C@H]1CCCN(C[C@@H](O)COCc2ccccc2)C1. The highest BCUT2D eigenvalue weighted by molar-refractivity contribution is 5.13. The van der Waals surface area contributed by atoms with Crippen LogP contribution in [0.5, 0.6) is 0 Å². The molecule has 2 rings (SSSR count). The van der Waals surface area contributed by atoms with Gasteiger partial charge in [0.2, 0.25) is 0 Å². The Kier molecular flexibility index (Phi) is 5.79. The summed E-state index contributed by atoms with van der Waals surface area (Å²) in [6, 6.07) is 9.94. The van der Waals surface area contributed by atoms with Crippen LogP contribution in [0, 0.1) is 0 Å². The van der Waals surface area contributed by atoms with Gasteiger partial charge >= 0.3 is 0 Å². The Labute approximate surface area is 114 Å². The summed E-state index contributed by atoms with van der Waals surface area (Å²) in [6.07, 6.45) is 1.13. The lowest BCUT2D eigenvalue weighted by atomic mass is 10.1. The van der Waals surface area contributed by atoms with Gasteiger partial charge < -0.3 is 14.9 Å². The topological polar surface area (TPSA) is 52.9 Å². The minimum atomic E-state index is -0.492. The Hall–Kier alpha value is -0.940. The van der Waals surface area contributed by atoms with Crippen molar-refractivity contribution >= 4 is 0 Å². The largest absolute Gasteiger partial charge is 0.392 e. The van der Waals surface area contributed by atoms with Crippen molar-refractivity contribution < 1.29 is 14.9 Å². The molecule has 0 spiro atoms. The molecule has 4 nitrogen and oxygen atoms in total. The molecule has 1 fully saturated rings. The number of hydrogen-bond acceptors (Lipinski definition) is 4. The Morgan fingerprint density at radius 2 is 2.11 bits per heavy atom. The predicted octanol–water partition coefficient (Wildman–Crippen LogP) is 1.02. The van der Waals surface area contributed by atoms with Gasteiger partial charge in [0, 0.05) is 13.1 Å². The maximum Gasteiger partial charge on any atom is 0.0900 e. The highest BCUT2D eigenvalue weighted by atomic mass is 16.5. The van der Waals surface area contributed by atoms with Gasteiger partial charge in [-0.3, -0.25) is 4.90 Å². The van der Waals surface area contributed by atoms with E-state index >= 15 is 0 Å². The van der Waals surface area contributed by atoms with Gasteiger partial charge in [-0.1, -0.05) is 30.3 Å². The van der Waals surface area contributed by atoms with Crippen molar-refractivity contribution in [1.82, 2.24) is 4.90 Å². The van der Waals surface area contributed by atoms with Crippen molar-refractivity contribution in [3.63, 3.8) is 0 Å². The van der Waals surface area contributed by atoms with E-state index in [0.717, 1.165) is 24.9 Å². The fraction of sp³-hybridized carbons (Fsp3) is 0.600. The molecule has 2 atom stereocenters. The Balaban J connectivity index is 1.63. The molecule has 0 radical (unpaired) electrons. The molecule has 0 amide bonds. The number of ether oxygens (including phenoxy) is 1. The van der Waals surface area contributed by atoms with Gasteiger partial charge in [-0.15, -0.1) is 0 Å². The molecule has 1 aliphatic rings. The average molecular weight is 265 g/mol. The molecule has 1 saturated heterocycles. The highest BCUT2D eigenvalue weighted by Crippen LogP contribution is 2.10. The average Bonchev–Trinajstić information content (AvgIpc) is 2.40. The maximum absolute atomic E-state index is 9.92. The summed E-state index contributed by atoms with van der Waals surface area (Å²) < 4.78 is 5.51. The van der Waals surface area contributed by atoms with Crippen LogP contribution in [-0.2, 0) is 11.3 Å². The van der Waals surface area contributed by atoms with Gasteiger partial charge in [0.15, 0.2) is 0 Å². The van der Waals surface area contributed by atoms with Gasteiger partial charge in [0.1, 0.15) is 0 Å². The van der Waals surface area contributed by atoms with E-state index in [1.807, 2.05) is 30.3 Å². The molecule has 1 aromatic carbocycles. The molecule has 106 valence electrons. The van der Waals surface area contributed by atoms with E-state index in [2.05, 4.69) is 4.90 Å². The molecule has 0 bridgehead atoms. The zero-order valence-electron chi connectivity index (χ0n) is 11.2.